The Kier molecular flexibility index (Phi) is 5.13. The molecular formula is C22H18N4O4. The van der Waals surface area contributed by atoms with E-state index in [1.807, 2.05) is 35.0 Å². The maximum atomic E-state index is 12.6. The Hall–Kier alpha value is -4.20. The third-order valence-electron chi connectivity index (χ3n) is 4.64. The minimum atomic E-state index is -0.500. The van der Waals surface area contributed by atoms with Gasteiger partial charge in [0.25, 0.3) is 11.6 Å². The van der Waals surface area contributed by atoms with Crippen LogP contribution in [0.25, 0.3) is 5.65 Å². The van der Waals surface area contributed by atoms with Crippen molar-refractivity contribution in [3.8, 4) is 5.75 Å². The van der Waals surface area contributed by atoms with Gasteiger partial charge in [-0.05, 0) is 37.3 Å². The number of benzene rings is 2. The van der Waals surface area contributed by atoms with E-state index in [-0.39, 0.29) is 17.9 Å². The maximum Gasteiger partial charge on any atom is 0.273 e. The van der Waals surface area contributed by atoms with Gasteiger partial charge < -0.3 is 14.5 Å². The summed E-state index contributed by atoms with van der Waals surface area (Å²) in [7, 11) is 0. The predicted molar refractivity (Wildman–Crippen MR) is 112 cm³/mol. The molecule has 0 saturated heterocycles. The van der Waals surface area contributed by atoms with Crippen molar-refractivity contribution in [2.75, 3.05) is 5.32 Å². The number of pyridine rings is 1. The Labute approximate surface area is 171 Å². The molecule has 0 unspecified atom stereocenters. The minimum absolute atomic E-state index is 0.0906. The molecule has 4 rings (SSSR count). The van der Waals surface area contributed by atoms with Gasteiger partial charge in [-0.25, -0.2) is 4.98 Å². The van der Waals surface area contributed by atoms with Gasteiger partial charge in [-0.3, -0.25) is 14.9 Å². The predicted octanol–water partition coefficient (Wildman–Crippen LogP) is 4.38. The third-order valence-corrected chi connectivity index (χ3v) is 4.64. The molecule has 0 saturated carbocycles. The highest BCUT2D eigenvalue weighted by Gasteiger charge is 2.18. The van der Waals surface area contributed by atoms with Crippen molar-refractivity contribution in [1.82, 2.24) is 9.38 Å². The summed E-state index contributed by atoms with van der Waals surface area (Å²) < 4.78 is 7.72. The number of hydrogen-bond donors (Lipinski definition) is 1. The van der Waals surface area contributed by atoms with E-state index in [2.05, 4.69) is 10.3 Å². The van der Waals surface area contributed by atoms with E-state index < -0.39 is 10.8 Å². The van der Waals surface area contributed by atoms with Crippen LogP contribution < -0.4 is 10.1 Å². The summed E-state index contributed by atoms with van der Waals surface area (Å²) in [6.45, 7) is 1.84. The van der Waals surface area contributed by atoms with E-state index in [1.54, 1.807) is 37.3 Å². The molecule has 0 bridgehead atoms. The van der Waals surface area contributed by atoms with Crippen molar-refractivity contribution in [3.05, 3.63) is 100.0 Å². The zero-order chi connectivity index (χ0) is 21.1. The smallest absolute Gasteiger partial charge is 0.273 e. The van der Waals surface area contributed by atoms with Gasteiger partial charge in [-0.15, -0.1) is 0 Å². The number of nitro groups is 1. The largest absolute Gasteiger partial charge is 0.487 e. The summed E-state index contributed by atoms with van der Waals surface area (Å²) in [5.41, 5.74) is 2.62. The minimum Gasteiger partial charge on any atom is -0.487 e. The lowest BCUT2D eigenvalue weighted by Crippen LogP contribution is -2.14. The number of aromatic nitrogens is 2. The van der Waals surface area contributed by atoms with Crippen molar-refractivity contribution in [1.29, 1.82) is 0 Å². The molecule has 2 aromatic heterocycles. The fourth-order valence-corrected chi connectivity index (χ4v) is 3.14. The van der Waals surface area contributed by atoms with Gasteiger partial charge >= 0.3 is 0 Å². The Morgan fingerprint density at radius 3 is 2.80 bits per heavy atom. The first-order valence-corrected chi connectivity index (χ1v) is 9.22. The molecule has 0 aliphatic heterocycles. The SMILES string of the molecule is Cc1c(C(=O)Nc2cccc(OCc3cn4ccccc4n3)c2)cccc1[N+](=O)[O-]. The second-order valence-electron chi connectivity index (χ2n) is 6.68. The molecule has 8 nitrogen and oxygen atoms in total. The summed E-state index contributed by atoms with van der Waals surface area (Å²) in [4.78, 5) is 27.7. The van der Waals surface area contributed by atoms with Gasteiger partial charge in [0.1, 0.15) is 18.0 Å². The highest BCUT2D eigenvalue weighted by atomic mass is 16.6. The molecule has 0 aliphatic carbocycles. The summed E-state index contributed by atoms with van der Waals surface area (Å²) in [5, 5.41) is 13.9. The molecule has 0 radical (unpaired) electrons. The Balaban J connectivity index is 1.46. The number of hydrogen-bond acceptors (Lipinski definition) is 5. The molecule has 0 atom stereocenters. The van der Waals surface area contributed by atoms with Gasteiger partial charge in [-0.2, -0.15) is 0 Å². The average molecular weight is 402 g/mol. The standard InChI is InChI=1S/C22H18N4O4/c1-15-19(8-5-9-20(15)26(28)29)22(27)24-16-6-4-7-18(12-16)30-14-17-13-25-11-3-2-10-21(25)23-17/h2-13H,14H2,1H3,(H,24,27). The molecule has 0 aliphatic rings. The van der Waals surface area contributed by atoms with Crippen molar-refractivity contribution >= 4 is 22.9 Å². The highest BCUT2D eigenvalue weighted by Crippen LogP contribution is 2.23. The van der Waals surface area contributed by atoms with Crippen LogP contribution in [0, 0.1) is 17.0 Å². The number of carbonyl (C=O) groups is 1. The van der Waals surface area contributed by atoms with Gasteiger partial charge in [0.15, 0.2) is 0 Å². The van der Waals surface area contributed by atoms with Gasteiger partial charge in [-0.1, -0.05) is 18.2 Å². The Bertz CT molecular complexity index is 1220. The monoisotopic (exact) mass is 402 g/mol. The summed E-state index contributed by atoms with van der Waals surface area (Å²) in [6.07, 6.45) is 3.81. The Morgan fingerprint density at radius 2 is 2.00 bits per heavy atom. The van der Waals surface area contributed by atoms with Crippen molar-refractivity contribution in [3.63, 3.8) is 0 Å². The number of rotatable bonds is 6. The topological polar surface area (TPSA) is 98.8 Å². The van der Waals surface area contributed by atoms with Crippen molar-refractivity contribution < 1.29 is 14.5 Å². The molecule has 1 amide bonds. The van der Waals surface area contributed by atoms with Crippen molar-refractivity contribution in [2.24, 2.45) is 0 Å². The van der Waals surface area contributed by atoms with Crippen LogP contribution in [-0.2, 0) is 6.61 Å². The molecule has 0 fully saturated rings. The normalized spacial score (nSPS) is 10.7. The summed E-state index contributed by atoms with van der Waals surface area (Å²) >= 11 is 0. The lowest BCUT2D eigenvalue weighted by Gasteiger charge is -2.10. The zero-order valence-corrected chi connectivity index (χ0v) is 16.1. The second kappa shape index (κ2) is 8.04. The quantitative estimate of drug-likeness (QED) is 0.381. The lowest BCUT2D eigenvalue weighted by molar-refractivity contribution is -0.385. The van der Waals surface area contributed by atoms with E-state index in [9.17, 15) is 14.9 Å². The van der Waals surface area contributed by atoms with Crippen molar-refractivity contribution in [2.45, 2.75) is 13.5 Å². The average Bonchev–Trinajstić information content (AvgIpc) is 3.15. The van der Waals surface area contributed by atoms with E-state index in [1.165, 1.54) is 12.1 Å². The van der Waals surface area contributed by atoms with Crippen LogP contribution in [0.5, 0.6) is 5.75 Å². The van der Waals surface area contributed by atoms with Crippen LogP contribution in [0.3, 0.4) is 0 Å². The van der Waals surface area contributed by atoms with Crippen LogP contribution >= 0.6 is 0 Å². The van der Waals surface area contributed by atoms with Crippen LogP contribution in [-0.4, -0.2) is 20.2 Å². The molecular weight excluding hydrogens is 384 g/mol. The zero-order valence-electron chi connectivity index (χ0n) is 16.1. The molecule has 0 spiro atoms. The first-order valence-electron chi connectivity index (χ1n) is 9.22. The van der Waals surface area contributed by atoms with Gasteiger partial charge in [0.2, 0.25) is 0 Å². The van der Waals surface area contributed by atoms with Crippen LogP contribution in [0.1, 0.15) is 21.6 Å². The third kappa shape index (κ3) is 3.97. The molecule has 2 heterocycles. The number of ether oxygens (including phenoxy) is 1. The first kappa shape index (κ1) is 19.1. The van der Waals surface area contributed by atoms with Crippen LogP contribution in [0.4, 0.5) is 11.4 Å². The number of carbonyl (C=O) groups excluding carboxylic acids is 1. The fraction of sp³-hybridized carbons (Fsp3) is 0.0909. The van der Waals surface area contributed by atoms with Crippen LogP contribution in [0.2, 0.25) is 0 Å². The van der Waals surface area contributed by atoms with E-state index >= 15 is 0 Å². The fourth-order valence-electron chi connectivity index (χ4n) is 3.14. The van der Waals surface area contributed by atoms with Gasteiger partial charge in [0, 0.05) is 41.3 Å². The number of nitro benzene ring substituents is 1. The number of fused-ring (bicyclic) bond motifs is 1. The Morgan fingerprint density at radius 1 is 1.17 bits per heavy atom. The van der Waals surface area contributed by atoms with E-state index in [0.717, 1.165) is 11.3 Å². The molecule has 2 aromatic carbocycles. The summed E-state index contributed by atoms with van der Waals surface area (Å²) in [6, 6.07) is 17.1. The van der Waals surface area contributed by atoms with Crippen LogP contribution in [0.15, 0.2) is 73.1 Å². The number of amides is 1. The van der Waals surface area contributed by atoms with E-state index in [4.69, 9.17) is 4.74 Å². The van der Waals surface area contributed by atoms with E-state index in [0.29, 0.717) is 17.0 Å². The number of nitrogens with zero attached hydrogens (tertiary/aromatic N) is 3. The number of nitrogens with one attached hydrogen (secondary N) is 1. The lowest BCUT2D eigenvalue weighted by atomic mass is 10.1. The number of imidazole rings is 1. The van der Waals surface area contributed by atoms with Gasteiger partial charge in [0.05, 0.1) is 10.6 Å². The molecule has 30 heavy (non-hydrogen) atoms. The molecule has 4 aromatic rings. The first-order chi connectivity index (χ1) is 14.5. The second-order valence-corrected chi connectivity index (χ2v) is 6.68. The molecule has 8 heteroatoms. The summed E-state index contributed by atoms with van der Waals surface area (Å²) in [5.74, 6) is 0.148. The number of anilines is 1. The molecule has 1 N–H and O–H groups in total. The maximum absolute atomic E-state index is 12.6. The highest BCUT2D eigenvalue weighted by molar-refractivity contribution is 6.05. The molecule has 150 valence electrons.